The fraction of sp³-hybridized carbons (Fsp3) is 0.143. The van der Waals surface area contributed by atoms with Crippen LogP contribution >= 0.6 is 11.3 Å². The van der Waals surface area contributed by atoms with Gasteiger partial charge in [-0.2, -0.15) is 0 Å². The third-order valence-corrected chi connectivity index (χ3v) is 6.30. The summed E-state index contributed by atoms with van der Waals surface area (Å²) in [6.45, 7) is 0.535. The molecule has 6 rings (SSSR count). The highest BCUT2D eigenvalue weighted by Crippen LogP contribution is 2.38. The molecule has 5 aromatic rings. The van der Waals surface area contributed by atoms with Crippen LogP contribution in [0.1, 0.15) is 33.1 Å². The van der Waals surface area contributed by atoms with Crippen molar-refractivity contribution in [2.24, 2.45) is 0 Å². The van der Waals surface area contributed by atoms with Gasteiger partial charge in [-0.3, -0.25) is 4.79 Å². The van der Waals surface area contributed by atoms with E-state index in [1.54, 1.807) is 22.6 Å². The number of fused-ring (bicyclic) bond motifs is 3. The summed E-state index contributed by atoms with van der Waals surface area (Å²) in [5, 5.41) is 0.837. The van der Waals surface area contributed by atoms with Crippen LogP contribution in [0.15, 0.2) is 59.3 Å². The Hall–Kier alpha value is -3.52. The van der Waals surface area contributed by atoms with Crippen molar-refractivity contribution in [1.82, 2.24) is 24.8 Å². The number of benzene rings is 2. The van der Waals surface area contributed by atoms with Gasteiger partial charge in [0.1, 0.15) is 16.6 Å². The van der Waals surface area contributed by atoms with Gasteiger partial charge in [0, 0.05) is 18.7 Å². The predicted octanol–water partition coefficient (Wildman–Crippen LogP) is 3.95. The molecule has 1 atom stereocenters. The lowest BCUT2D eigenvalue weighted by molar-refractivity contribution is 0.0652. The first-order valence-corrected chi connectivity index (χ1v) is 10.1. The highest BCUT2D eigenvalue weighted by atomic mass is 32.1. The number of hydrogen-bond acceptors (Lipinski definition) is 6. The van der Waals surface area contributed by atoms with Crippen LogP contribution in [0, 0.1) is 0 Å². The van der Waals surface area contributed by atoms with Crippen LogP contribution in [0.3, 0.4) is 0 Å². The number of aromatic nitrogens is 4. The second kappa shape index (κ2) is 6.25. The Kier molecular flexibility index (Phi) is 3.54. The van der Waals surface area contributed by atoms with Gasteiger partial charge in [0.05, 0.1) is 22.2 Å². The van der Waals surface area contributed by atoms with E-state index in [2.05, 4.69) is 15.0 Å². The lowest BCUT2D eigenvalue weighted by Crippen LogP contribution is -2.40. The van der Waals surface area contributed by atoms with Crippen LogP contribution in [0.5, 0.6) is 0 Å². The Bertz CT molecular complexity index is 1300. The zero-order valence-corrected chi connectivity index (χ0v) is 16.0. The van der Waals surface area contributed by atoms with E-state index in [9.17, 15) is 4.79 Å². The van der Waals surface area contributed by atoms with E-state index in [0.717, 1.165) is 26.6 Å². The summed E-state index contributed by atoms with van der Waals surface area (Å²) in [5.74, 6) is -0.157. The van der Waals surface area contributed by atoms with E-state index in [1.807, 2.05) is 48.5 Å². The molecule has 29 heavy (non-hydrogen) atoms. The second-order valence-electron chi connectivity index (χ2n) is 6.92. The van der Waals surface area contributed by atoms with Crippen molar-refractivity contribution in [3.63, 3.8) is 0 Å². The summed E-state index contributed by atoms with van der Waals surface area (Å²) in [6, 6.07) is 15.0. The number of H-pyrrole nitrogens is 1. The molecule has 0 fully saturated rings. The number of thiazole rings is 1. The highest BCUT2D eigenvalue weighted by molar-refractivity contribution is 7.18. The molecule has 2 aromatic carbocycles. The summed E-state index contributed by atoms with van der Waals surface area (Å²) in [7, 11) is 0. The van der Waals surface area contributed by atoms with Crippen molar-refractivity contribution in [3.05, 3.63) is 77.1 Å². The molecule has 0 aliphatic carbocycles. The van der Waals surface area contributed by atoms with Crippen molar-refractivity contribution in [2.45, 2.75) is 12.5 Å². The largest absolute Gasteiger partial charge is 0.432 e. The number of nitrogens with zero attached hydrogens (tertiary/aromatic N) is 4. The van der Waals surface area contributed by atoms with Crippen LogP contribution in [0.25, 0.3) is 21.3 Å². The second-order valence-corrected chi connectivity index (χ2v) is 7.99. The number of para-hydroxylation sites is 3. The molecule has 0 unspecified atom stereocenters. The minimum absolute atomic E-state index is 0.0938. The summed E-state index contributed by atoms with van der Waals surface area (Å²) in [6.07, 6.45) is 2.38. The number of imidazole rings is 1. The van der Waals surface area contributed by atoms with Gasteiger partial charge in [0.15, 0.2) is 5.58 Å². The molecule has 0 radical (unpaired) electrons. The molecule has 3 aromatic heterocycles. The molecule has 4 heterocycles. The molecule has 0 saturated carbocycles. The minimum Gasteiger partial charge on any atom is -0.432 e. The van der Waals surface area contributed by atoms with E-state index in [-0.39, 0.29) is 17.8 Å². The molecule has 1 N–H and O–H groups in total. The van der Waals surface area contributed by atoms with Crippen LogP contribution in [0.2, 0.25) is 0 Å². The Morgan fingerprint density at radius 2 is 1.93 bits per heavy atom. The van der Waals surface area contributed by atoms with Crippen LogP contribution in [-0.4, -0.2) is 37.3 Å². The average molecular weight is 401 g/mol. The first kappa shape index (κ1) is 16.4. The Morgan fingerprint density at radius 1 is 1.10 bits per heavy atom. The van der Waals surface area contributed by atoms with Gasteiger partial charge in [0.25, 0.3) is 5.89 Å². The van der Waals surface area contributed by atoms with E-state index in [1.165, 1.54) is 0 Å². The van der Waals surface area contributed by atoms with Gasteiger partial charge >= 0.3 is 5.91 Å². The first-order chi connectivity index (χ1) is 14.3. The first-order valence-electron chi connectivity index (χ1n) is 9.32. The molecule has 1 amide bonds. The summed E-state index contributed by atoms with van der Waals surface area (Å²) < 4.78 is 6.83. The van der Waals surface area contributed by atoms with Crippen molar-refractivity contribution >= 4 is 38.6 Å². The number of hydrogen-bond donors (Lipinski definition) is 1. The Morgan fingerprint density at radius 3 is 2.79 bits per heavy atom. The van der Waals surface area contributed by atoms with Gasteiger partial charge in [-0.05, 0) is 24.3 Å². The van der Waals surface area contributed by atoms with Gasteiger partial charge in [-0.1, -0.05) is 24.3 Å². The molecule has 1 aliphatic heterocycles. The van der Waals surface area contributed by atoms with Crippen molar-refractivity contribution < 1.29 is 9.21 Å². The zero-order chi connectivity index (χ0) is 19.4. The topological polar surface area (TPSA) is 87.9 Å². The SMILES string of the molecule is O=C(c1nc2ccccc2o1)N1CCc2[nH]cnc2[C@H]1c1nc2ccccc2s1. The van der Waals surface area contributed by atoms with E-state index >= 15 is 0 Å². The number of aromatic amines is 1. The van der Waals surface area contributed by atoms with E-state index in [4.69, 9.17) is 9.40 Å². The van der Waals surface area contributed by atoms with Crippen molar-refractivity contribution in [3.8, 4) is 0 Å². The summed E-state index contributed by atoms with van der Waals surface area (Å²) in [4.78, 5) is 32.1. The highest BCUT2D eigenvalue weighted by Gasteiger charge is 2.38. The smallest absolute Gasteiger partial charge is 0.310 e. The third kappa shape index (κ3) is 2.56. The van der Waals surface area contributed by atoms with Gasteiger partial charge in [0.2, 0.25) is 0 Å². The zero-order valence-electron chi connectivity index (χ0n) is 15.2. The average Bonchev–Trinajstić information content (AvgIpc) is 3.49. The molecule has 8 heteroatoms. The van der Waals surface area contributed by atoms with Crippen LogP contribution in [-0.2, 0) is 6.42 Å². The lowest BCUT2D eigenvalue weighted by atomic mass is 10.0. The molecule has 1 aliphatic rings. The molecule has 0 saturated heterocycles. The van der Waals surface area contributed by atoms with Crippen LogP contribution in [0.4, 0.5) is 0 Å². The minimum atomic E-state index is -0.370. The maximum Gasteiger partial charge on any atom is 0.310 e. The summed E-state index contributed by atoms with van der Waals surface area (Å²) in [5.41, 5.74) is 4.06. The number of nitrogens with one attached hydrogen (secondary N) is 1. The maximum atomic E-state index is 13.4. The monoisotopic (exact) mass is 401 g/mol. The van der Waals surface area contributed by atoms with Crippen molar-refractivity contribution in [2.75, 3.05) is 6.54 Å². The molecular formula is C21H15N5O2S. The third-order valence-electron chi connectivity index (χ3n) is 5.21. The van der Waals surface area contributed by atoms with E-state index < -0.39 is 0 Å². The fourth-order valence-corrected chi connectivity index (χ4v) is 4.92. The van der Waals surface area contributed by atoms with E-state index in [0.29, 0.717) is 24.1 Å². The number of oxazole rings is 1. The molecule has 0 bridgehead atoms. The van der Waals surface area contributed by atoms with Crippen molar-refractivity contribution in [1.29, 1.82) is 0 Å². The Labute approximate surface area is 169 Å². The fourth-order valence-electron chi connectivity index (χ4n) is 3.84. The van der Waals surface area contributed by atoms with Gasteiger partial charge in [-0.25, -0.2) is 15.0 Å². The molecule has 142 valence electrons. The summed E-state index contributed by atoms with van der Waals surface area (Å²) >= 11 is 1.58. The quantitative estimate of drug-likeness (QED) is 0.484. The lowest BCUT2D eigenvalue weighted by Gasteiger charge is -2.32. The number of rotatable bonds is 2. The molecular weight excluding hydrogens is 386 g/mol. The molecule has 7 nitrogen and oxygen atoms in total. The number of amides is 1. The predicted molar refractivity (Wildman–Crippen MR) is 109 cm³/mol. The van der Waals surface area contributed by atoms with Crippen LogP contribution < -0.4 is 0 Å². The standard InChI is InChI=1S/C21H15N5O2S/c27-21(19-24-12-5-1-3-7-15(12)28-19)26-10-9-14-17(23-11-22-14)18(26)20-25-13-6-2-4-8-16(13)29-20/h1-8,11,18H,9-10H2,(H,22,23)/t18-/m0/s1. The number of carbonyl (C=O) groups is 1. The Balaban J connectivity index is 1.47. The molecule has 0 spiro atoms. The van der Waals surface area contributed by atoms with Gasteiger partial charge < -0.3 is 14.3 Å². The van der Waals surface area contributed by atoms with Gasteiger partial charge in [-0.15, -0.1) is 11.3 Å². The normalized spacial score (nSPS) is 16.4. The number of carbonyl (C=O) groups excluding carboxylic acids is 1. The maximum absolute atomic E-state index is 13.4.